The van der Waals surface area contributed by atoms with E-state index >= 15 is 0 Å². The summed E-state index contributed by atoms with van der Waals surface area (Å²) in [6.07, 6.45) is -1.11. The molecule has 1 aliphatic rings. The zero-order chi connectivity index (χ0) is 28.0. The lowest BCUT2D eigenvalue weighted by molar-refractivity contribution is -0.136. The van der Waals surface area contributed by atoms with E-state index in [1.54, 1.807) is 26.0 Å². The number of nitrogens with one attached hydrogen (secondary N) is 3. The predicted molar refractivity (Wildman–Crippen MR) is 142 cm³/mol. The topological polar surface area (TPSA) is 145 Å². The molecule has 2 aromatic carbocycles. The van der Waals surface area contributed by atoms with Crippen molar-refractivity contribution < 1.29 is 29.4 Å². The highest BCUT2D eigenvalue weighted by Crippen LogP contribution is 2.21. The molecule has 3 amide bonds. The van der Waals surface area contributed by atoms with Crippen LogP contribution in [0.25, 0.3) is 0 Å². The smallest absolute Gasteiger partial charge is 0.255 e. The van der Waals surface area contributed by atoms with E-state index in [1.807, 2.05) is 44.2 Å². The van der Waals surface area contributed by atoms with Gasteiger partial charge in [0.2, 0.25) is 11.8 Å². The normalized spacial score (nSPS) is 27.1. The third-order valence-electron chi connectivity index (χ3n) is 7.09. The first-order chi connectivity index (χ1) is 18.0. The van der Waals surface area contributed by atoms with Gasteiger partial charge in [-0.15, -0.1) is 0 Å². The van der Waals surface area contributed by atoms with E-state index in [9.17, 15) is 29.4 Å². The number of benzene rings is 2. The number of aliphatic hydroxyl groups excluding tert-OH is 1. The van der Waals surface area contributed by atoms with Crippen LogP contribution in [0.15, 0.2) is 54.6 Å². The highest BCUT2D eigenvalue weighted by atomic mass is 16.3. The van der Waals surface area contributed by atoms with Gasteiger partial charge in [0.1, 0.15) is 11.8 Å². The van der Waals surface area contributed by atoms with Crippen molar-refractivity contribution in [3.63, 3.8) is 0 Å². The van der Waals surface area contributed by atoms with Crippen LogP contribution in [-0.2, 0) is 20.8 Å². The number of phenolic OH excluding ortho intramolecular Hbond substituents is 1. The highest BCUT2D eigenvalue weighted by Gasteiger charge is 2.38. The molecule has 0 aromatic heterocycles. The van der Waals surface area contributed by atoms with E-state index in [4.69, 9.17) is 0 Å². The molecule has 1 heterocycles. The number of carbonyl (C=O) groups excluding carboxylic acids is 4. The Hall–Kier alpha value is -3.72. The van der Waals surface area contributed by atoms with Crippen molar-refractivity contribution >= 4 is 23.5 Å². The van der Waals surface area contributed by atoms with Crippen molar-refractivity contribution in [2.75, 3.05) is 0 Å². The third-order valence-corrected chi connectivity index (χ3v) is 7.09. The Morgan fingerprint density at radius 1 is 0.974 bits per heavy atom. The zero-order valence-electron chi connectivity index (χ0n) is 22.2. The fraction of sp³-hybridized carbons (Fsp3) is 0.448. The van der Waals surface area contributed by atoms with Crippen LogP contribution >= 0.6 is 0 Å². The molecule has 1 aliphatic heterocycles. The molecule has 1 fully saturated rings. The molecule has 0 saturated carbocycles. The first-order valence-corrected chi connectivity index (χ1v) is 12.9. The van der Waals surface area contributed by atoms with Crippen LogP contribution in [0.5, 0.6) is 5.75 Å². The van der Waals surface area contributed by atoms with Gasteiger partial charge in [0, 0.05) is 6.42 Å². The quantitative estimate of drug-likeness (QED) is 0.405. The molecule has 5 N–H and O–H groups in total. The number of Topliss-reactive ketones (excluding diaryl/α,β-unsaturated/α-hetero) is 1. The maximum Gasteiger partial charge on any atom is 0.255 e. The summed E-state index contributed by atoms with van der Waals surface area (Å²) in [6, 6.07) is 12.4. The molecule has 3 rings (SSSR count). The van der Waals surface area contributed by atoms with Crippen LogP contribution in [-0.4, -0.2) is 57.9 Å². The number of para-hydroxylation sites is 1. The van der Waals surface area contributed by atoms with Gasteiger partial charge < -0.3 is 26.2 Å². The molecule has 1 saturated heterocycles. The monoisotopic (exact) mass is 523 g/mol. The van der Waals surface area contributed by atoms with Crippen LogP contribution in [0.3, 0.4) is 0 Å². The number of amides is 3. The van der Waals surface area contributed by atoms with Crippen LogP contribution < -0.4 is 16.0 Å². The summed E-state index contributed by atoms with van der Waals surface area (Å²) >= 11 is 0. The molecule has 0 radical (unpaired) electrons. The van der Waals surface area contributed by atoms with Gasteiger partial charge in [0.15, 0.2) is 5.78 Å². The molecule has 2 aromatic rings. The van der Waals surface area contributed by atoms with Crippen LogP contribution in [0, 0.1) is 17.8 Å². The zero-order valence-corrected chi connectivity index (χ0v) is 22.2. The van der Waals surface area contributed by atoms with Crippen molar-refractivity contribution in [3.05, 3.63) is 65.7 Å². The Kier molecular flexibility index (Phi) is 9.63. The molecule has 0 aliphatic carbocycles. The molecule has 9 nitrogen and oxygen atoms in total. The Bertz CT molecular complexity index is 1150. The second-order valence-electron chi connectivity index (χ2n) is 10.4. The van der Waals surface area contributed by atoms with E-state index in [-0.39, 0.29) is 35.9 Å². The number of aliphatic hydroxyl groups is 1. The summed E-state index contributed by atoms with van der Waals surface area (Å²) < 4.78 is 0. The van der Waals surface area contributed by atoms with E-state index < -0.39 is 53.8 Å². The Morgan fingerprint density at radius 2 is 1.61 bits per heavy atom. The van der Waals surface area contributed by atoms with Gasteiger partial charge in [0.25, 0.3) is 5.91 Å². The molecular formula is C29H37N3O6. The van der Waals surface area contributed by atoms with Gasteiger partial charge in [-0.3, -0.25) is 19.2 Å². The highest BCUT2D eigenvalue weighted by molar-refractivity contribution is 6.00. The fourth-order valence-corrected chi connectivity index (χ4v) is 4.72. The number of phenols is 1. The van der Waals surface area contributed by atoms with Gasteiger partial charge >= 0.3 is 0 Å². The van der Waals surface area contributed by atoms with Crippen LogP contribution in [0.1, 0.15) is 50.0 Å². The maximum atomic E-state index is 13.6. The molecular weight excluding hydrogens is 486 g/mol. The van der Waals surface area contributed by atoms with Gasteiger partial charge in [-0.05, 0) is 36.0 Å². The first-order valence-electron chi connectivity index (χ1n) is 12.9. The number of ketones is 1. The summed E-state index contributed by atoms with van der Waals surface area (Å²) in [5.74, 6) is -4.07. The predicted octanol–water partition coefficient (Wildman–Crippen LogP) is 1.96. The lowest BCUT2D eigenvalue weighted by atomic mass is 9.86. The second-order valence-corrected chi connectivity index (χ2v) is 10.4. The van der Waals surface area contributed by atoms with Crippen molar-refractivity contribution in [3.8, 4) is 5.75 Å². The molecule has 6 atom stereocenters. The average molecular weight is 524 g/mol. The largest absolute Gasteiger partial charge is 0.507 e. The maximum absolute atomic E-state index is 13.6. The summed E-state index contributed by atoms with van der Waals surface area (Å²) in [4.78, 5) is 52.9. The fourth-order valence-electron chi connectivity index (χ4n) is 4.72. The summed E-state index contributed by atoms with van der Waals surface area (Å²) in [7, 11) is 0. The standard InChI is InChI=1S/C29H37N3O6/c1-16(2)24-23(34)14-17(3)25(32-28(37)20-12-8-9-13-22(20)33)29(38)30-21(15-19-10-6-5-7-11-19)26(35)18(4)27(36)31-24/h5-13,16-18,21,24-26,33,35H,14-15H2,1-4H3,(H,30,38)(H,31,36)(H,32,37)/t17-,18+,21-,24?,25-,26-/m0/s1. The summed E-state index contributed by atoms with van der Waals surface area (Å²) in [5, 5.41) is 29.7. The SMILES string of the molecule is CC(C)C1NC(=O)[C@H](C)[C@H](O)[C@H](Cc2ccccc2)NC(=O)[C@@H](NC(=O)c2ccccc2O)[C@@H](C)CC1=O. The Labute approximate surface area is 223 Å². The van der Waals surface area contributed by atoms with Crippen molar-refractivity contribution in [2.24, 2.45) is 17.8 Å². The molecule has 38 heavy (non-hydrogen) atoms. The second kappa shape index (κ2) is 12.7. The Morgan fingerprint density at radius 3 is 2.24 bits per heavy atom. The van der Waals surface area contributed by atoms with Gasteiger partial charge in [0.05, 0.1) is 29.7 Å². The average Bonchev–Trinajstić information content (AvgIpc) is 2.88. The van der Waals surface area contributed by atoms with Crippen molar-refractivity contribution in [1.82, 2.24) is 16.0 Å². The van der Waals surface area contributed by atoms with Crippen molar-refractivity contribution in [1.29, 1.82) is 0 Å². The van der Waals surface area contributed by atoms with E-state index in [0.717, 1.165) is 5.56 Å². The summed E-state index contributed by atoms with van der Waals surface area (Å²) in [5.41, 5.74) is 0.835. The number of aromatic hydroxyl groups is 1. The molecule has 1 unspecified atom stereocenters. The third kappa shape index (κ3) is 6.98. The minimum Gasteiger partial charge on any atom is -0.507 e. The van der Waals surface area contributed by atoms with E-state index in [2.05, 4.69) is 16.0 Å². The van der Waals surface area contributed by atoms with Gasteiger partial charge in [-0.1, -0.05) is 70.2 Å². The molecule has 0 spiro atoms. The molecule has 0 bridgehead atoms. The van der Waals surface area contributed by atoms with Crippen molar-refractivity contribution in [2.45, 2.75) is 64.8 Å². The van der Waals surface area contributed by atoms with E-state index in [0.29, 0.717) is 0 Å². The van der Waals surface area contributed by atoms with Crippen LogP contribution in [0.2, 0.25) is 0 Å². The summed E-state index contributed by atoms with van der Waals surface area (Å²) in [6.45, 7) is 6.84. The minimum atomic E-state index is -1.27. The lowest BCUT2D eigenvalue weighted by Crippen LogP contribution is -2.59. The van der Waals surface area contributed by atoms with Gasteiger partial charge in [-0.25, -0.2) is 0 Å². The minimum absolute atomic E-state index is 0.00763. The lowest BCUT2D eigenvalue weighted by Gasteiger charge is -2.34. The molecule has 204 valence electrons. The van der Waals surface area contributed by atoms with Crippen LogP contribution in [0.4, 0.5) is 0 Å². The first kappa shape index (κ1) is 28.8. The Balaban J connectivity index is 1.99. The number of carbonyl (C=O) groups is 4. The number of hydrogen-bond acceptors (Lipinski definition) is 6. The van der Waals surface area contributed by atoms with E-state index in [1.165, 1.54) is 12.1 Å². The number of rotatable bonds is 5. The number of hydrogen-bond donors (Lipinski definition) is 5. The molecule has 9 heteroatoms. The van der Waals surface area contributed by atoms with Gasteiger partial charge in [-0.2, -0.15) is 0 Å².